The molecule has 4 heteroatoms. The molecule has 1 aromatic carbocycles. The highest BCUT2D eigenvalue weighted by molar-refractivity contribution is 5.27. The van der Waals surface area contributed by atoms with Crippen LogP contribution in [0.3, 0.4) is 0 Å². The van der Waals surface area contributed by atoms with Crippen molar-refractivity contribution in [2.75, 3.05) is 46.8 Å². The lowest BCUT2D eigenvalue weighted by atomic mass is 10.0. The van der Waals surface area contributed by atoms with E-state index >= 15 is 0 Å². The fourth-order valence-corrected chi connectivity index (χ4v) is 2.72. The Bertz CT molecular complexity index is 405. The van der Waals surface area contributed by atoms with E-state index in [1.54, 1.807) is 7.11 Å². The molecule has 0 radical (unpaired) electrons. The van der Waals surface area contributed by atoms with E-state index in [-0.39, 0.29) is 0 Å². The molecule has 0 saturated heterocycles. The molecule has 0 aromatic heterocycles. The summed E-state index contributed by atoms with van der Waals surface area (Å²) >= 11 is 0. The van der Waals surface area contributed by atoms with Gasteiger partial charge in [0.2, 0.25) is 0 Å². The first-order chi connectivity index (χ1) is 12.9. The monoisotopic (exact) mass is 366 g/mol. The zero-order chi connectivity index (χ0) is 18.7. The fourth-order valence-electron chi connectivity index (χ4n) is 2.72. The molecular weight excluding hydrogens is 328 g/mol. The highest BCUT2D eigenvalue weighted by atomic mass is 16.6. The molecule has 0 bridgehead atoms. The van der Waals surface area contributed by atoms with Crippen LogP contribution >= 0.6 is 0 Å². The molecule has 1 rings (SSSR count). The average Bonchev–Trinajstić information content (AvgIpc) is 2.67. The molecule has 0 atom stereocenters. The SMILES string of the molecule is CCCCCCCCCc1ccc(OCCOCCOCCOC)cc1. The van der Waals surface area contributed by atoms with Crippen LogP contribution < -0.4 is 4.74 Å². The summed E-state index contributed by atoms with van der Waals surface area (Å²) in [5.74, 6) is 0.910. The average molecular weight is 367 g/mol. The maximum Gasteiger partial charge on any atom is 0.119 e. The molecule has 0 heterocycles. The van der Waals surface area contributed by atoms with Gasteiger partial charge in [0, 0.05) is 7.11 Å². The maximum atomic E-state index is 5.70. The van der Waals surface area contributed by atoms with E-state index in [1.165, 1.54) is 56.9 Å². The number of methoxy groups -OCH3 is 1. The molecular formula is C22H38O4. The number of unbranched alkanes of at least 4 members (excludes halogenated alkanes) is 6. The van der Waals surface area contributed by atoms with Crippen LogP contribution in [0.15, 0.2) is 24.3 Å². The molecule has 0 aliphatic carbocycles. The molecule has 0 fully saturated rings. The highest BCUT2D eigenvalue weighted by Gasteiger charge is 1.98. The van der Waals surface area contributed by atoms with Gasteiger partial charge >= 0.3 is 0 Å². The predicted molar refractivity (Wildman–Crippen MR) is 107 cm³/mol. The zero-order valence-corrected chi connectivity index (χ0v) is 16.8. The molecule has 0 saturated carbocycles. The fraction of sp³-hybridized carbons (Fsp3) is 0.727. The Morgan fingerprint density at radius 2 is 1.23 bits per heavy atom. The minimum absolute atomic E-state index is 0.565. The lowest BCUT2D eigenvalue weighted by molar-refractivity contribution is 0.0180. The normalized spacial score (nSPS) is 11.0. The van der Waals surface area contributed by atoms with Crippen LogP contribution in [0.2, 0.25) is 0 Å². The van der Waals surface area contributed by atoms with E-state index in [1.807, 2.05) is 0 Å². The van der Waals surface area contributed by atoms with Crippen LogP contribution in [-0.4, -0.2) is 46.8 Å². The molecule has 0 N–H and O–H groups in total. The van der Waals surface area contributed by atoms with Gasteiger partial charge in [-0.15, -0.1) is 0 Å². The lowest BCUT2D eigenvalue weighted by Gasteiger charge is -2.08. The number of aryl methyl sites for hydroxylation is 1. The van der Waals surface area contributed by atoms with Gasteiger partial charge in [-0.3, -0.25) is 0 Å². The topological polar surface area (TPSA) is 36.9 Å². The second kappa shape index (κ2) is 17.3. The van der Waals surface area contributed by atoms with Crippen LogP contribution in [-0.2, 0) is 20.6 Å². The molecule has 0 amide bonds. The summed E-state index contributed by atoms with van der Waals surface area (Å²) in [4.78, 5) is 0. The first-order valence-electron chi connectivity index (χ1n) is 10.2. The Morgan fingerprint density at radius 3 is 1.88 bits per heavy atom. The van der Waals surface area contributed by atoms with Crippen molar-refractivity contribution in [3.05, 3.63) is 29.8 Å². The van der Waals surface area contributed by atoms with Gasteiger partial charge in [-0.05, 0) is 30.5 Å². The minimum atomic E-state index is 0.565. The number of hydrogen-bond donors (Lipinski definition) is 0. The smallest absolute Gasteiger partial charge is 0.119 e. The van der Waals surface area contributed by atoms with Crippen molar-refractivity contribution in [3.63, 3.8) is 0 Å². The number of ether oxygens (including phenoxy) is 4. The summed E-state index contributed by atoms with van der Waals surface area (Å²) in [6, 6.07) is 8.47. The first kappa shape index (κ1) is 22.9. The van der Waals surface area contributed by atoms with Gasteiger partial charge in [0.15, 0.2) is 0 Å². The first-order valence-corrected chi connectivity index (χ1v) is 10.2. The summed E-state index contributed by atoms with van der Waals surface area (Å²) in [6.07, 6.45) is 10.7. The second-order valence-electron chi connectivity index (χ2n) is 6.58. The molecule has 150 valence electrons. The van der Waals surface area contributed by atoms with Crippen LogP contribution in [0.4, 0.5) is 0 Å². The Balaban J connectivity index is 1.97. The van der Waals surface area contributed by atoms with E-state index in [0.29, 0.717) is 39.6 Å². The van der Waals surface area contributed by atoms with E-state index in [0.717, 1.165) is 5.75 Å². The summed E-state index contributed by atoms with van der Waals surface area (Å²) < 4.78 is 21.4. The third-order valence-corrected chi connectivity index (χ3v) is 4.29. The van der Waals surface area contributed by atoms with Gasteiger partial charge in [-0.25, -0.2) is 0 Å². The number of rotatable bonds is 18. The van der Waals surface area contributed by atoms with E-state index < -0.39 is 0 Å². The molecule has 0 aliphatic heterocycles. The van der Waals surface area contributed by atoms with Gasteiger partial charge < -0.3 is 18.9 Å². The number of hydrogen-bond acceptors (Lipinski definition) is 4. The predicted octanol–water partition coefficient (Wildman–Crippen LogP) is 5.04. The zero-order valence-electron chi connectivity index (χ0n) is 16.8. The van der Waals surface area contributed by atoms with Crippen molar-refractivity contribution in [2.24, 2.45) is 0 Å². The molecule has 26 heavy (non-hydrogen) atoms. The van der Waals surface area contributed by atoms with E-state index in [4.69, 9.17) is 18.9 Å². The molecule has 0 unspecified atom stereocenters. The van der Waals surface area contributed by atoms with Gasteiger partial charge in [-0.2, -0.15) is 0 Å². The Morgan fingerprint density at radius 1 is 0.654 bits per heavy atom. The standard InChI is InChI=1S/C22H38O4/c1-3-4-5-6-7-8-9-10-21-11-13-22(14-12-21)26-20-19-25-18-17-24-16-15-23-2/h11-14H,3-10,15-20H2,1-2H3. The lowest BCUT2D eigenvalue weighted by Crippen LogP contribution is -2.12. The Labute approximate surface area is 160 Å². The Hall–Kier alpha value is -1.10. The quantitative estimate of drug-likeness (QED) is 0.341. The third kappa shape index (κ3) is 13.2. The Kier molecular flexibility index (Phi) is 15.3. The molecule has 0 spiro atoms. The molecule has 1 aromatic rings. The van der Waals surface area contributed by atoms with Crippen LogP contribution in [0.5, 0.6) is 5.75 Å². The summed E-state index contributed by atoms with van der Waals surface area (Å²) in [6.45, 7) is 5.82. The van der Waals surface area contributed by atoms with Crippen molar-refractivity contribution in [3.8, 4) is 5.75 Å². The molecule has 0 aliphatic rings. The van der Waals surface area contributed by atoms with Crippen molar-refractivity contribution in [1.29, 1.82) is 0 Å². The maximum absolute atomic E-state index is 5.70. The van der Waals surface area contributed by atoms with Crippen molar-refractivity contribution < 1.29 is 18.9 Å². The van der Waals surface area contributed by atoms with Gasteiger partial charge in [0.05, 0.1) is 33.0 Å². The van der Waals surface area contributed by atoms with Crippen LogP contribution in [0.25, 0.3) is 0 Å². The van der Waals surface area contributed by atoms with Gasteiger partial charge in [-0.1, -0.05) is 57.6 Å². The number of benzene rings is 1. The van der Waals surface area contributed by atoms with Crippen molar-refractivity contribution in [1.82, 2.24) is 0 Å². The van der Waals surface area contributed by atoms with Crippen molar-refractivity contribution in [2.45, 2.75) is 58.3 Å². The third-order valence-electron chi connectivity index (χ3n) is 4.29. The van der Waals surface area contributed by atoms with Gasteiger partial charge in [0.1, 0.15) is 12.4 Å². The minimum Gasteiger partial charge on any atom is -0.491 e. The van der Waals surface area contributed by atoms with E-state index in [9.17, 15) is 0 Å². The molecule has 4 nitrogen and oxygen atoms in total. The largest absolute Gasteiger partial charge is 0.491 e. The second-order valence-corrected chi connectivity index (χ2v) is 6.58. The van der Waals surface area contributed by atoms with Crippen LogP contribution in [0.1, 0.15) is 57.4 Å². The van der Waals surface area contributed by atoms with E-state index in [2.05, 4.69) is 31.2 Å². The summed E-state index contributed by atoms with van der Waals surface area (Å²) in [5, 5.41) is 0. The van der Waals surface area contributed by atoms with Gasteiger partial charge in [0.25, 0.3) is 0 Å². The van der Waals surface area contributed by atoms with Crippen LogP contribution in [0, 0.1) is 0 Å². The van der Waals surface area contributed by atoms with Crippen molar-refractivity contribution >= 4 is 0 Å². The summed E-state index contributed by atoms with van der Waals surface area (Å²) in [5.41, 5.74) is 1.40. The summed E-state index contributed by atoms with van der Waals surface area (Å²) in [7, 11) is 1.67. The highest BCUT2D eigenvalue weighted by Crippen LogP contribution is 2.15.